The Kier molecular flexibility index (Phi) is 7.78. The number of benzene rings is 1. The monoisotopic (exact) mass is 617 g/mol. The SMILES string of the molecule is C=[N+](C(=O)C1=CC=CC(NC(=O)c2nccc3cc(-c4ccc(-n5c(C)nn(C)c5=O)cc4)n(CC)c23)C1)c1cccn(C)c1=O. The number of rotatable bonds is 7. The Morgan fingerprint density at radius 3 is 2.57 bits per heavy atom. The van der Waals surface area contributed by atoms with Gasteiger partial charge in [0.2, 0.25) is 0 Å². The van der Waals surface area contributed by atoms with E-state index in [0.29, 0.717) is 29.1 Å². The molecule has 4 aromatic heterocycles. The molecule has 1 unspecified atom stereocenters. The molecule has 0 fully saturated rings. The number of fused-ring (bicyclic) bond motifs is 1. The third-order valence-corrected chi connectivity index (χ3v) is 8.16. The Labute approximate surface area is 263 Å². The van der Waals surface area contributed by atoms with E-state index < -0.39 is 11.9 Å². The van der Waals surface area contributed by atoms with Gasteiger partial charge in [0, 0.05) is 56.6 Å². The lowest BCUT2D eigenvalue weighted by atomic mass is 9.99. The van der Waals surface area contributed by atoms with E-state index in [0.717, 1.165) is 21.2 Å². The maximum absolute atomic E-state index is 13.7. The van der Waals surface area contributed by atoms with Gasteiger partial charge in [0.1, 0.15) is 12.5 Å². The highest BCUT2D eigenvalue weighted by molar-refractivity contribution is 6.05. The van der Waals surface area contributed by atoms with E-state index in [1.807, 2.05) is 54.0 Å². The molecule has 6 rings (SSSR count). The van der Waals surface area contributed by atoms with Crippen LogP contribution in [0.2, 0.25) is 0 Å². The predicted molar refractivity (Wildman–Crippen MR) is 175 cm³/mol. The van der Waals surface area contributed by atoms with E-state index in [-0.39, 0.29) is 35.0 Å². The summed E-state index contributed by atoms with van der Waals surface area (Å²) < 4.78 is 7.37. The van der Waals surface area contributed by atoms with Gasteiger partial charge in [-0.05, 0) is 55.8 Å². The number of aryl methyl sites for hydroxylation is 4. The molecule has 0 spiro atoms. The van der Waals surface area contributed by atoms with Gasteiger partial charge in [-0.15, -0.1) is 4.58 Å². The Balaban J connectivity index is 1.25. The van der Waals surface area contributed by atoms with E-state index >= 15 is 0 Å². The van der Waals surface area contributed by atoms with Crippen LogP contribution in [0.4, 0.5) is 5.69 Å². The molecule has 1 aromatic carbocycles. The fraction of sp³-hybridized carbons (Fsp3) is 0.206. The molecular formula is C34H33N8O4+. The Morgan fingerprint density at radius 2 is 1.87 bits per heavy atom. The zero-order valence-electron chi connectivity index (χ0n) is 26.0. The van der Waals surface area contributed by atoms with Gasteiger partial charge < -0.3 is 14.5 Å². The van der Waals surface area contributed by atoms with Crippen molar-refractivity contribution in [2.45, 2.75) is 32.9 Å². The molecular weight excluding hydrogens is 584 g/mol. The van der Waals surface area contributed by atoms with Gasteiger partial charge in [-0.1, -0.05) is 24.3 Å². The predicted octanol–water partition coefficient (Wildman–Crippen LogP) is 3.17. The van der Waals surface area contributed by atoms with Gasteiger partial charge in [-0.25, -0.2) is 23.8 Å². The Bertz CT molecular complexity index is 2230. The number of aromatic nitrogens is 6. The highest BCUT2D eigenvalue weighted by Crippen LogP contribution is 2.30. The van der Waals surface area contributed by atoms with E-state index in [9.17, 15) is 19.2 Å². The summed E-state index contributed by atoms with van der Waals surface area (Å²) in [5.74, 6) is -0.209. The smallest absolute Gasteiger partial charge is 0.344 e. The van der Waals surface area contributed by atoms with Crippen molar-refractivity contribution in [2.75, 3.05) is 0 Å². The van der Waals surface area contributed by atoms with Crippen molar-refractivity contribution in [1.82, 2.24) is 33.8 Å². The van der Waals surface area contributed by atoms with Crippen molar-refractivity contribution in [1.29, 1.82) is 0 Å². The normalized spacial score (nSPS) is 14.3. The molecule has 0 saturated carbocycles. The van der Waals surface area contributed by atoms with Crippen LogP contribution in [0.15, 0.2) is 94.3 Å². The molecule has 12 heteroatoms. The summed E-state index contributed by atoms with van der Waals surface area (Å²) in [4.78, 5) is 56.5. The molecule has 2 amide bonds. The first-order chi connectivity index (χ1) is 22.1. The van der Waals surface area contributed by atoms with Crippen LogP contribution in [0.1, 0.15) is 29.7 Å². The quantitative estimate of drug-likeness (QED) is 0.221. The molecule has 4 heterocycles. The molecule has 232 valence electrons. The molecule has 12 nitrogen and oxygen atoms in total. The van der Waals surface area contributed by atoms with Gasteiger partial charge in [0.25, 0.3) is 11.6 Å². The van der Waals surface area contributed by atoms with Gasteiger partial charge in [0.05, 0.1) is 22.8 Å². The molecule has 1 atom stereocenters. The summed E-state index contributed by atoms with van der Waals surface area (Å²) in [7, 11) is 3.22. The third-order valence-electron chi connectivity index (χ3n) is 8.16. The first-order valence-corrected chi connectivity index (χ1v) is 14.8. The summed E-state index contributed by atoms with van der Waals surface area (Å²) in [6.45, 7) is 8.18. The second-order valence-corrected chi connectivity index (χ2v) is 11.1. The molecule has 1 N–H and O–H groups in total. The molecule has 0 bridgehead atoms. The number of carbonyl (C=O) groups excluding carboxylic acids is 2. The second kappa shape index (κ2) is 11.9. The summed E-state index contributed by atoms with van der Waals surface area (Å²) in [6.07, 6.45) is 8.63. The maximum atomic E-state index is 13.7. The van der Waals surface area contributed by atoms with E-state index in [2.05, 4.69) is 22.1 Å². The fourth-order valence-electron chi connectivity index (χ4n) is 5.86. The molecule has 0 radical (unpaired) electrons. The maximum Gasteiger partial charge on any atom is 0.420 e. The molecule has 1 aliphatic rings. The van der Waals surface area contributed by atoms with Crippen LogP contribution in [0.5, 0.6) is 0 Å². The van der Waals surface area contributed by atoms with Crippen molar-refractivity contribution in [2.24, 2.45) is 14.1 Å². The van der Waals surface area contributed by atoms with Crippen LogP contribution in [0.25, 0.3) is 27.8 Å². The number of hydrogen-bond acceptors (Lipinski definition) is 6. The number of nitrogens with zero attached hydrogens (tertiary/aromatic N) is 7. The van der Waals surface area contributed by atoms with Crippen molar-refractivity contribution in [3.05, 3.63) is 117 Å². The van der Waals surface area contributed by atoms with Gasteiger partial charge in [0.15, 0.2) is 5.69 Å². The molecule has 0 aliphatic heterocycles. The van der Waals surface area contributed by atoms with Crippen LogP contribution in [-0.2, 0) is 25.4 Å². The number of nitrogens with one attached hydrogen (secondary N) is 1. The zero-order valence-corrected chi connectivity index (χ0v) is 26.0. The summed E-state index contributed by atoms with van der Waals surface area (Å²) >= 11 is 0. The molecule has 46 heavy (non-hydrogen) atoms. The summed E-state index contributed by atoms with van der Waals surface area (Å²) in [5.41, 5.74) is 3.49. The van der Waals surface area contributed by atoms with Crippen LogP contribution >= 0.6 is 0 Å². The summed E-state index contributed by atoms with van der Waals surface area (Å²) in [5, 5.41) is 8.07. The minimum atomic E-state index is -0.475. The standard InChI is InChI=1S/C34H32N8O4/c1-6-41-28(22-12-14-26(15-13-22)42-21(2)37-40(5)34(42)46)20-23-16-17-35-29(30(23)41)31(43)36-25-10-7-9-24(19-25)32(44)39(4)27-11-8-18-38(3)33(27)45/h7-18,20,25H,4,6,19H2,1-3,5H3/p+1. The Hall–Kier alpha value is -5.91. The van der Waals surface area contributed by atoms with E-state index in [4.69, 9.17) is 0 Å². The third kappa shape index (κ3) is 5.23. The average molecular weight is 618 g/mol. The summed E-state index contributed by atoms with van der Waals surface area (Å²) in [6, 6.07) is 14.3. The largest absolute Gasteiger partial charge is 0.420 e. The lowest BCUT2D eigenvalue weighted by molar-refractivity contribution is -0.355. The van der Waals surface area contributed by atoms with Crippen LogP contribution < -0.4 is 16.6 Å². The van der Waals surface area contributed by atoms with Crippen molar-refractivity contribution >= 4 is 35.1 Å². The van der Waals surface area contributed by atoms with Crippen LogP contribution in [0.3, 0.4) is 0 Å². The van der Waals surface area contributed by atoms with Gasteiger partial charge >= 0.3 is 17.2 Å². The van der Waals surface area contributed by atoms with Crippen molar-refractivity contribution in [3.8, 4) is 16.9 Å². The van der Waals surface area contributed by atoms with Gasteiger partial charge in [-0.2, -0.15) is 5.10 Å². The second-order valence-electron chi connectivity index (χ2n) is 11.1. The molecule has 0 saturated heterocycles. The first kappa shape index (κ1) is 30.1. The number of carbonyl (C=O) groups is 2. The highest BCUT2D eigenvalue weighted by Gasteiger charge is 2.29. The zero-order chi connectivity index (χ0) is 32.7. The number of amides is 2. The Morgan fingerprint density at radius 1 is 1.11 bits per heavy atom. The number of hydrogen-bond donors (Lipinski definition) is 1. The average Bonchev–Trinajstić information content (AvgIpc) is 3.56. The van der Waals surface area contributed by atoms with Crippen LogP contribution in [-0.4, -0.2) is 57.6 Å². The molecule has 5 aromatic rings. The highest BCUT2D eigenvalue weighted by atomic mass is 16.2. The van der Waals surface area contributed by atoms with E-state index in [1.165, 1.54) is 9.25 Å². The number of allylic oxidation sites excluding steroid dienone is 2. The fourth-order valence-corrected chi connectivity index (χ4v) is 5.86. The topological polar surface area (TPSA) is 129 Å². The van der Waals surface area contributed by atoms with Crippen LogP contribution in [0, 0.1) is 6.92 Å². The lowest BCUT2D eigenvalue weighted by Gasteiger charge is -2.18. The first-order valence-electron chi connectivity index (χ1n) is 14.8. The number of pyridine rings is 2. The minimum absolute atomic E-state index is 0.161. The lowest BCUT2D eigenvalue weighted by Crippen LogP contribution is -2.37. The minimum Gasteiger partial charge on any atom is -0.344 e. The van der Waals surface area contributed by atoms with Gasteiger partial charge in [-0.3, -0.25) is 9.59 Å². The van der Waals surface area contributed by atoms with E-state index in [1.54, 1.807) is 62.3 Å². The van der Waals surface area contributed by atoms with Crippen molar-refractivity contribution in [3.63, 3.8) is 0 Å². The molecule has 1 aliphatic carbocycles. The van der Waals surface area contributed by atoms with Crippen molar-refractivity contribution < 1.29 is 14.2 Å².